The summed E-state index contributed by atoms with van der Waals surface area (Å²) in [5.74, 6) is 0. The maximum atomic E-state index is 13.1. The molecule has 0 bridgehead atoms. The van der Waals surface area contributed by atoms with Crippen molar-refractivity contribution in [3.05, 3.63) is 23.5 Å². The molecular formula is C21H21F2N7OS2. The molecule has 0 atom stereocenters. The minimum atomic E-state index is -2.65. The summed E-state index contributed by atoms with van der Waals surface area (Å²) in [6.07, 6.45) is 4.72. The fourth-order valence-electron chi connectivity index (χ4n) is 4.34. The Balaban J connectivity index is 1.37. The number of rotatable bonds is 6. The van der Waals surface area contributed by atoms with Crippen LogP contribution in [0.25, 0.3) is 16.3 Å². The lowest BCUT2D eigenvalue weighted by Crippen LogP contribution is -2.51. The van der Waals surface area contributed by atoms with Gasteiger partial charge in [-0.05, 0) is 43.7 Å². The Labute approximate surface area is 197 Å². The maximum absolute atomic E-state index is 13.1. The number of piperidine rings is 1. The largest absolute Gasteiger partial charge is 0.380 e. The lowest BCUT2D eigenvalue weighted by atomic mass is 9.77. The summed E-state index contributed by atoms with van der Waals surface area (Å²) < 4.78 is 36.8. The number of aromatic nitrogens is 4. The molecule has 3 aromatic heterocycles. The third kappa shape index (κ3) is 3.77. The van der Waals surface area contributed by atoms with Crippen LogP contribution < -0.4 is 9.62 Å². The van der Waals surface area contributed by atoms with E-state index in [1.807, 2.05) is 10.6 Å². The van der Waals surface area contributed by atoms with Gasteiger partial charge in [-0.2, -0.15) is 5.26 Å². The molecule has 0 amide bonds. The monoisotopic (exact) mass is 489 g/mol. The van der Waals surface area contributed by atoms with Crippen LogP contribution >= 0.6 is 23.3 Å². The van der Waals surface area contributed by atoms with Crippen LogP contribution in [0.3, 0.4) is 0 Å². The number of hydrogen-bond acceptors (Lipinski definition) is 9. The highest BCUT2D eigenvalue weighted by molar-refractivity contribution is 7.97. The molecule has 0 radical (unpaired) electrons. The summed E-state index contributed by atoms with van der Waals surface area (Å²) in [4.78, 5) is 7.89. The molecule has 2 aliphatic heterocycles. The van der Waals surface area contributed by atoms with E-state index < -0.39 is 12.0 Å². The molecular weight excluding hydrogens is 468 g/mol. The van der Waals surface area contributed by atoms with Crippen molar-refractivity contribution in [1.82, 2.24) is 24.3 Å². The molecule has 8 nitrogen and oxygen atoms in total. The lowest BCUT2D eigenvalue weighted by Gasteiger charge is -2.47. The van der Waals surface area contributed by atoms with Crippen LogP contribution in [0.2, 0.25) is 0 Å². The van der Waals surface area contributed by atoms with Gasteiger partial charge in [0.05, 0.1) is 31.2 Å². The second-order valence-electron chi connectivity index (χ2n) is 9.02. The normalized spacial score (nSPS) is 20.8. The summed E-state index contributed by atoms with van der Waals surface area (Å²) in [5.41, 5.74) is 2.21. The van der Waals surface area contributed by atoms with Crippen LogP contribution in [0.1, 0.15) is 37.1 Å². The lowest BCUT2D eigenvalue weighted by molar-refractivity contribution is -0.124. The minimum Gasteiger partial charge on any atom is -0.380 e. The third-order valence-electron chi connectivity index (χ3n) is 6.72. The van der Waals surface area contributed by atoms with Crippen LogP contribution in [0.5, 0.6) is 0 Å². The molecule has 1 saturated carbocycles. The average molecular weight is 490 g/mol. The molecule has 3 aliphatic rings. The van der Waals surface area contributed by atoms with Crippen molar-refractivity contribution in [2.45, 2.75) is 42.5 Å². The van der Waals surface area contributed by atoms with E-state index in [4.69, 9.17) is 4.74 Å². The Morgan fingerprint density at radius 2 is 2.00 bits per heavy atom. The highest BCUT2D eigenvalue weighted by Gasteiger charge is 2.43. The molecule has 2 saturated heterocycles. The molecule has 3 aromatic rings. The molecule has 172 valence electrons. The Morgan fingerprint density at radius 3 is 2.61 bits per heavy atom. The quantitative estimate of drug-likeness (QED) is 0.519. The summed E-state index contributed by atoms with van der Waals surface area (Å²) in [5, 5.41) is 17.1. The van der Waals surface area contributed by atoms with E-state index >= 15 is 0 Å². The summed E-state index contributed by atoms with van der Waals surface area (Å²) in [6.45, 7) is 3.48. The Morgan fingerprint density at radius 1 is 1.21 bits per heavy atom. The number of fused-ring (bicyclic) bond motifs is 1. The number of pyridine rings is 1. The zero-order valence-electron chi connectivity index (χ0n) is 17.6. The Hall–Kier alpha value is -2.33. The molecule has 1 N–H and O–H groups in total. The second-order valence-corrected chi connectivity index (χ2v) is 10.9. The summed E-state index contributed by atoms with van der Waals surface area (Å²) in [7, 11) is 0. The smallest absolute Gasteiger partial charge is 0.291 e. The minimum absolute atomic E-state index is 0.305. The molecule has 0 aromatic carbocycles. The molecule has 3 fully saturated rings. The van der Waals surface area contributed by atoms with Gasteiger partial charge in [-0.15, -0.1) is 10.2 Å². The van der Waals surface area contributed by atoms with Gasteiger partial charge in [0.25, 0.3) is 6.43 Å². The molecule has 5 heterocycles. The van der Waals surface area contributed by atoms with E-state index in [9.17, 15) is 14.0 Å². The average Bonchev–Trinajstić information content (AvgIpc) is 3.21. The number of nitrogens with zero attached hydrogens (tertiary/aromatic N) is 6. The first-order valence-corrected chi connectivity index (χ1v) is 12.4. The zero-order chi connectivity index (χ0) is 22.6. The first kappa shape index (κ1) is 21.2. The van der Waals surface area contributed by atoms with Crippen molar-refractivity contribution >= 4 is 34.6 Å². The van der Waals surface area contributed by atoms with Crippen molar-refractivity contribution in [3.63, 3.8) is 0 Å². The van der Waals surface area contributed by atoms with Crippen molar-refractivity contribution in [2.75, 3.05) is 31.2 Å². The van der Waals surface area contributed by atoms with Gasteiger partial charge < -0.3 is 9.64 Å². The number of nitriles is 1. The number of anilines is 1. The fourth-order valence-corrected chi connectivity index (χ4v) is 5.94. The highest BCUT2D eigenvalue weighted by Crippen LogP contribution is 2.42. The molecule has 0 unspecified atom stereocenters. The van der Waals surface area contributed by atoms with Gasteiger partial charge in [0.2, 0.25) is 0 Å². The number of imidazole rings is 1. The van der Waals surface area contributed by atoms with Gasteiger partial charge in [-0.3, -0.25) is 4.40 Å². The van der Waals surface area contributed by atoms with E-state index in [1.54, 1.807) is 6.20 Å². The van der Waals surface area contributed by atoms with Gasteiger partial charge in [-0.25, -0.2) is 18.5 Å². The van der Waals surface area contributed by atoms with Crippen LogP contribution in [-0.2, 0) is 4.74 Å². The Kier molecular flexibility index (Phi) is 5.06. The number of ether oxygens (including phenoxy) is 1. The van der Waals surface area contributed by atoms with E-state index in [-0.39, 0.29) is 5.01 Å². The molecule has 33 heavy (non-hydrogen) atoms. The number of hydrogen-bond donors (Lipinski definition) is 1. The molecule has 12 heteroatoms. The van der Waals surface area contributed by atoms with Crippen molar-refractivity contribution < 1.29 is 13.5 Å². The standard InChI is InChI=1S/C21H21F2N7OS2/c22-16(23)19-27-26-18(32-19)15-8-25-17-14(29-5-3-20(4-6-29)11-31-12-20)7-13(9-30(15)17)33-28-21(10-24)1-2-21/h7-9,16,28H,1-6,11-12H2. The Bertz CT molecular complexity index is 1240. The van der Waals surface area contributed by atoms with Crippen LogP contribution in [0.4, 0.5) is 14.5 Å². The van der Waals surface area contributed by atoms with Crippen molar-refractivity contribution in [3.8, 4) is 16.8 Å². The summed E-state index contributed by atoms with van der Waals surface area (Å²) in [6, 6.07) is 4.44. The fraction of sp³-hybridized carbons (Fsp3) is 0.524. The first-order chi connectivity index (χ1) is 16.0. The van der Waals surface area contributed by atoms with Gasteiger partial charge in [-0.1, -0.05) is 11.3 Å². The summed E-state index contributed by atoms with van der Waals surface area (Å²) >= 11 is 2.30. The second kappa shape index (κ2) is 7.87. The molecule has 1 aliphatic carbocycles. The number of nitrogens with one attached hydrogen (secondary N) is 1. The predicted octanol–water partition coefficient (Wildman–Crippen LogP) is 4.06. The van der Waals surface area contributed by atoms with Crippen LogP contribution in [-0.4, -0.2) is 51.4 Å². The topological polar surface area (TPSA) is 91.4 Å². The van der Waals surface area contributed by atoms with E-state index in [1.165, 1.54) is 11.9 Å². The van der Waals surface area contributed by atoms with Crippen LogP contribution in [0.15, 0.2) is 23.4 Å². The van der Waals surface area contributed by atoms with E-state index in [0.717, 1.165) is 79.6 Å². The first-order valence-electron chi connectivity index (χ1n) is 10.8. The number of alkyl halides is 2. The van der Waals surface area contributed by atoms with Gasteiger partial charge in [0, 0.05) is 29.6 Å². The number of halogens is 2. The van der Waals surface area contributed by atoms with Gasteiger partial charge in [0.1, 0.15) is 11.2 Å². The SMILES string of the molecule is N#CC1(NSc2cc(N3CCC4(CC3)COC4)c3ncc(-c4nnc(C(F)F)s4)n3c2)CC1. The zero-order valence-corrected chi connectivity index (χ0v) is 19.3. The van der Waals surface area contributed by atoms with Gasteiger partial charge >= 0.3 is 0 Å². The van der Waals surface area contributed by atoms with E-state index in [0.29, 0.717) is 16.1 Å². The van der Waals surface area contributed by atoms with Crippen molar-refractivity contribution in [1.29, 1.82) is 5.26 Å². The third-order valence-corrected chi connectivity index (χ3v) is 8.62. The highest BCUT2D eigenvalue weighted by atomic mass is 32.2. The predicted molar refractivity (Wildman–Crippen MR) is 120 cm³/mol. The van der Waals surface area contributed by atoms with Crippen molar-refractivity contribution in [2.24, 2.45) is 5.41 Å². The maximum Gasteiger partial charge on any atom is 0.291 e. The van der Waals surface area contributed by atoms with E-state index in [2.05, 4.69) is 36.9 Å². The van der Waals surface area contributed by atoms with Crippen LogP contribution in [0, 0.1) is 16.7 Å². The molecule has 1 spiro atoms. The molecule has 6 rings (SSSR count). The van der Waals surface area contributed by atoms with Gasteiger partial charge in [0.15, 0.2) is 15.7 Å².